The molecule has 0 bridgehead atoms. The summed E-state index contributed by atoms with van der Waals surface area (Å²) in [6, 6.07) is 4.76. The molecule has 0 aromatic heterocycles. The highest BCUT2D eigenvalue weighted by Gasteiger charge is 2.23. The van der Waals surface area contributed by atoms with Gasteiger partial charge in [0.1, 0.15) is 0 Å². The van der Waals surface area contributed by atoms with Crippen molar-refractivity contribution in [3.05, 3.63) is 23.8 Å². The van der Waals surface area contributed by atoms with Gasteiger partial charge in [0.05, 0.1) is 11.3 Å². The molecular formula is C14H19N3O3S. The normalized spacial score (nSPS) is 21.9. The monoisotopic (exact) mass is 309 g/mol. The summed E-state index contributed by atoms with van der Waals surface area (Å²) in [6.45, 7) is 2.31. The van der Waals surface area contributed by atoms with Crippen LogP contribution in [0.3, 0.4) is 0 Å². The number of nitrogens with one attached hydrogen (secondary N) is 3. The van der Waals surface area contributed by atoms with E-state index in [0.717, 1.165) is 31.5 Å². The van der Waals surface area contributed by atoms with Gasteiger partial charge >= 0.3 is 0 Å². The Morgan fingerprint density at radius 2 is 2.19 bits per heavy atom. The average molecular weight is 309 g/mol. The van der Waals surface area contributed by atoms with E-state index in [1.807, 2.05) is 0 Å². The van der Waals surface area contributed by atoms with Crippen LogP contribution in [-0.4, -0.2) is 34.0 Å². The minimum Gasteiger partial charge on any atom is -0.326 e. The summed E-state index contributed by atoms with van der Waals surface area (Å²) in [5.74, 6) is 0.243. The minimum absolute atomic E-state index is 0.0965. The maximum Gasteiger partial charge on any atom is 0.240 e. The fourth-order valence-corrected chi connectivity index (χ4v) is 3.95. The van der Waals surface area contributed by atoms with E-state index in [4.69, 9.17) is 0 Å². The first kappa shape index (κ1) is 14.5. The first-order valence-corrected chi connectivity index (χ1v) is 8.66. The van der Waals surface area contributed by atoms with Gasteiger partial charge in [0, 0.05) is 12.2 Å². The van der Waals surface area contributed by atoms with Gasteiger partial charge < -0.3 is 10.6 Å². The molecule has 2 aliphatic rings. The minimum atomic E-state index is -3.52. The van der Waals surface area contributed by atoms with Crippen molar-refractivity contribution in [2.75, 3.05) is 25.0 Å². The fraction of sp³-hybridized carbons (Fsp3) is 0.500. The molecule has 3 N–H and O–H groups in total. The second kappa shape index (κ2) is 5.75. The Bertz CT molecular complexity index is 651. The van der Waals surface area contributed by atoms with E-state index in [2.05, 4.69) is 15.4 Å². The highest BCUT2D eigenvalue weighted by Crippen LogP contribution is 2.25. The molecule has 114 valence electrons. The van der Waals surface area contributed by atoms with E-state index >= 15 is 0 Å². The average Bonchev–Trinajstić information content (AvgIpc) is 2.85. The molecular weight excluding hydrogens is 290 g/mol. The first-order chi connectivity index (χ1) is 10.0. The topological polar surface area (TPSA) is 87.3 Å². The molecule has 1 atom stereocenters. The predicted molar refractivity (Wildman–Crippen MR) is 79.6 cm³/mol. The third-order valence-electron chi connectivity index (χ3n) is 3.97. The quantitative estimate of drug-likeness (QED) is 0.754. The Labute approximate surface area is 124 Å². The lowest BCUT2D eigenvalue weighted by Crippen LogP contribution is -2.38. The number of rotatable bonds is 4. The molecule has 0 saturated carbocycles. The number of hydrogen-bond donors (Lipinski definition) is 3. The number of amides is 1. The maximum absolute atomic E-state index is 12.3. The predicted octanol–water partition coefficient (Wildman–Crippen LogP) is 0.459. The van der Waals surface area contributed by atoms with E-state index in [1.54, 1.807) is 12.1 Å². The smallest absolute Gasteiger partial charge is 0.240 e. The lowest BCUT2D eigenvalue weighted by molar-refractivity contribution is -0.115. The third-order valence-corrected chi connectivity index (χ3v) is 5.39. The van der Waals surface area contributed by atoms with Crippen molar-refractivity contribution in [2.45, 2.75) is 24.2 Å². The molecule has 1 fully saturated rings. The van der Waals surface area contributed by atoms with E-state index in [-0.39, 0.29) is 17.2 Å². The van der Waals surface area contributed by atoms with Crippen LogP contribution in [0.2, 0.25) is 0 Å². The maximum atomic E-state index is 12.3. The van der Waals surface area contributed by atoms with Crippen LogP contribution < -0.4 is 15.4 Å². The first-order valence-electron chi connectivity index (χ1n) is 7.18. The zero-order chi connectivity index (χ0) is 14.9. The van der Waals surface area contributed by atoms with Crippen molar-refractivity contribution >= 4 is 21.6 Å². The summed E-state index contributed by atoms with van der Waals surface area (Å²) >= 11 is 0. The summed E-state index contributed by atoms with van der Waals surface area (Å²) in [5.41, 5.74) is 1.44. The van der Waals surface area contributed by atoms with Crippen molar-refractivity contribution in [1.82, 2.24) is 10.0 Å². The lowest BCUT2D eigenvalue weighted by atomic mass is 10.0. The molecule has 6 nitrogen and oxygen atoms in total. The van der Waals surface area contributed by atoms with Gasteiger partial charge in [-0.25, -0.2) is 13.1 Å². The van der Waals surface area contributed by atoms with Gasteiger partial charge in [-0.3, -0.25) is 4.79 Å². The number of hydrogen-bond acceptors (Lipinski definition) is 4. The second-order valence-corrected chi connectivity index (χ2v) is 7.38. The van der Waals surface area contributed by atoms with E-state index in [9.17, 15) is 13.2 Å². The van der Waals surface area contributed by atoms with Gasteiger partial charge in [0.25, 0.3) is 0 Å². The van der Waals surface area contributed by atoms with Crippen molar-refractivity contribution in [3.63, 3.8) is 0 Å². The Kier molecular flexibility index (Phi) is 3.97. The van der Waals surface area contributed by atoms with Crippen LogP contribution in [0, 0.1) is 5.92 Å². The molecule has 2 heterocycles. The number of benzene rings is 1. The molecule has 21 heavy (non-hydrogen) atoms. The fourth-order valence-electron chi connectivity index (χ4n) is 2.78. The van der Waals surface area contributed by atoms with E-state index in [1.165, 1.54) is 6.07 Å². The molecule has 1 amide bonds. The highest BCUT2D eigenvalue weighted by molar-refractivity contribution is 7.89. The van der Waals surface area contributed by atoms with Crippen LogP contribution in [0.4, 0.5) is 5.69 Å². The van der Waals surface area contributed by atoms with Crippen LogP contribution in [0.5, 0.6) is 0 Å². The standard InChI is InChI=1S/C14H19N3O3S/c18-14-7-11-6-12(3-4-13(11)17-14)21(19,20)16-9-10-2-1-5-15-8-10/h3-4,6,10,15-16H,1-2,5,7-9H2,(H,17,18). The molecule has 1 saturated heterocycles. The summed E-state index contributed by atoms with van der Waals surface area (Å²) in [4.78, 5) is 11.5. The van der Waals surface area contributed by atoms with Crippen molar-refractivity contribution < 1.29 is 13.2 Å². The Morgan fingerprint density at radius 3 is 2.95 bits per heavy atom. The van der Waals surface area contributed by atoms with Crippen LogP contribution in [0.1, 0.15) is 18.4 Å². The summed E-state index contributed by atoms with van der Waals surface area (Å²) in [6.07, 6.45) is 2.36. The molecule has 3 rings (SSSR count). The van der Waals surface area contributed by atoms with Gasteiger partial charge in [-0.15, -0.1) is 0 Å². The summed E-state index contributed by atoms with van der Waals surface area (Å²) < 4.78 is 27.3. The molecule has 7 heteroatoms. The van der Waals surface area contributed by atoms with Gasteiger partial charge in [-0.1, -0.05) is 0 Å². The Hall–Kier alpha value is -1.44. The third kappa shape index (κ3) is 3.25. The van der Waals surface area contributed by atoms with Crippen LogP contribution in [-0.2, 0) is 21.2 Å². The van der Waals surface area contributed by atoms with Crippen molar-refractivity contribution in [2.24, 2.45) is 5.92 Å². The number of sulfonamides is 1. The summed E-state index contributed by atoms with van der Waals surface area (Å²) in [5, 5.41) is 5.97. The number of piperidine rings is 1. The Balaban J connectivity index is 1.70. The van der Waals surface area contributed by atoms with Crippen molar-refractivity contribution in [3.8, 4) is 0 Å². The number of carbonyl (C=O) groups is 1. The molecule has 0 spiro atoms. The second-order valence-electron chi connectivity index (χ2n) is 5.61. The zero-order valence-corrected chi connectivity index (χ0v) is 12.5. The van der Waals surface area contributed by atoms with Gasteiger partial charge in [0.15, 0.2) is 0 Å². The molecule has 1 aromatic carbocycles. The number of carbonyl (C=O) groups excluding carboxylic acids is 1. The highest BCUT2D eigenvalue weighted by atomic mass is 32.2. The SMILES string of the molecule is O=C1Cc2cc(S(=O)(=O)NCC3CCCNC3)ccc2N1. The van der Waals surface area contributed by atoms with Gasteiger partial charge in [0.2, 0.25) is 15.9 Å². The molecule has 0 radical (unpaired) electrons. The van der Waals surface area contributed by atoms with Gasteiger partial charge in [-0.05, 0) is 55.6 Å². The van der Waals surface area contributed by atoms with Crippen molar-refractivity contribution in [1.29, 1.82) is 0 Å². The molecule has 2 aliphatic heterocycles. The van der Waals surface area contributed by atoms with Gasteiger partial charge in [-0.2, -0.15) is 0 Å². The molecule has 1 unspecified atom stereocenters. The summed E-state index contributed by atoms with van der Waals surface area (Å²) in [7, 11) is -3.52. The van der Waals surface area contributed by atoms with Crippen LogP contribution in [0.25, 0.3) is 0 Å². The lowest BCUT2D eigenvalue weighted by Gasteiger charge is -2.22. The molecule has 0 aliphatic carbocycles. The zero-order valence-electron chi connectivity index (χ0n) is 11.7. The number of anilines is 1. The van der Waals surface area contributed by atoms with Crippen LogP contribution in [0.15, 0.2) is 23.1 Å². The Morgan fingerprint density at radius 1 is 1.33 bits per heavy atom. The number of fused-ring (bicyclic) bond motifs is 1. The van der Waals surface area contributed by atoms with E-state index in [0.29, 0.717) is 18.2 Å². The largest absolute Gasteiger partial charge is 0.326 e. The molecule has 1 aromatic rings. The van der Waals surface area contributed by atoms with Crippen LogP contribution >= 0.6 is 0 Å². The van der Waals surface area contributed by atoms with E-state index < -0.39 is 10.0 Å².